The van der Waals surface area contributed by atoms with Gasteiger partial charge >= 0.3 is 0 Å². The number of aromatic nitrogens is 5. The van der Waals surface area contributed by atoms with E-state index in [2.05, 4.69) is 25.2 Å². The topological polar surface area (TPSA) is 69.0 Å². The van der Waals surface area contributed by atoms with Crippen molar-refractivity contribution in [3.8, 4) is 5.82 Å². The Bertz CT molecular complexity index is 817. The van der Waals surface area contributed by atoms with Gasteiger partial charge in [-0.25, -0.2) is 4.68 Å². The van der Waals surface area contributed by atoms with E-state index in [1.54, 1.807) is 17.1 Å². The molecule has 1 saturated heterocycles. The first-order valence-corrected chi connectivity index (χ1v) is 8.40. The number of nitrogens with zero attached hydrogens (tertiary/aromatic N) is 6. The monoisotopic (exact) mass is 336 g/mol. The average molecular weight is 336 g/mol. The Morgan fingerprint density at radius 1 is 1.08 bits per heavy atom. The molecule has 4 rings (SSSR count). The molecule has 0 N–H and O–H groups in total. The van der Waals surface area contributed by atoms with Gasteiger partial charge in [0, 0.05) is 31.7 Å². The highest BCUT2D eigenvalue weighted by molar-refractivity contribution is 5.41. The van der Waals surface area contributed by atoms with Crippen LogP contribution in [-0.2, 0) is 11.3 Å². The van der Waals surface area contributed by atoms with Crippen molar-refractivity contribution in [1.82, 2.24) is 25.0 Å². The summed E-state index contributed by atoms with van der Waals surface area (Å²) in [5.41, 5.74) is 2.10. The Labute approximate surface area is 146 Å². The SMILES string of the molecule is Cc1ccn(-c2ccc(N3CC[C@H](OCc4ccncc4)C3)nn2)n1. The summed E-state index contributed by atoms with van der Waals surface area (Å²) in [6.07, 6.45) is 6.67. The minimum Gasteiger partial charge on any atom is -0.372 e. The Morgan fingerprint density at radius 2 is 1.88 bits per heavy atom. The zero-order valence-corrected chi connectivity index (χ0v) is 14.1. The molecule has 7 nitrogen and oxygen atoms in total. The molecule has 0 amide bonds. The third-order valence-electron chi connectivity index (χ3n) is 4.30. The molecule has 1 atom stereocenters. The van der Waals surface area contributed by atoms with E-state index in [1.165, 1.54) is 0 Å². The van der Waals surface area contributed by atoms with Gasteiger partial charge in [-0.2, -0.15) is 5.10 Å². The summed E-state index contributed by atoms with van der Waals surface area (Å²) in [6.45, 7) is 4.33. The van der Waals surface area contributed by atoms with Gasteiger partial charge in [0.2, 0.25) is 0 Å². The fourth-order valence-corrected chi connectivity index (χ4v) is 2.92. The highest BCUT2D eigenvalue weighted by Gasteiger charge is 2.24. The van der Waals surface area contributed by atoms with Gasteiger partial charge in [-0.15, -0.1) is 10.2 Å². The van der Waals surface area contributed by atoms with Crippen molar-refractivity contribution in [2.45, 2.75) is 26.1 Å². The number of anilines is 1. The van der Waals surface area contributed by atoms with E-state index in [4.69, 9.17) is 4.74 Å². The predicted octanol–water partition coefficient (Wildman–Crippen LogP) is 2.16. The van der Waals surface area contributed by atoms with Crippen LogP contribution in [0.15, 0.2) is 48.9 Å². The van der Waals surface area contributed by atoms with Crippen LogP contribution < -0.4 is 4.90 Å². The lowest BCUT2D eigenvalue weighted by Gasteiger charge is -2.17. The molecule has 25 heavy (non-hydrogen) atoms. The number of pyridine rings is 1. The van der Waals surface area contributed by atoms with Crippen LogP contribution in [0.1, 0.15) is 17.7 Å². The van der Waals surface area contributed by atoms with Gasteiger partial charge in [0.15, 0.2) is 11.6 Å². The third kappa shape index (κ3) is 3.66. The van der Waals surface area contributed by atoms with Crippen LogP contribution in [0.2, 0.25) is 0 Å². The summed E-state index contributed by atoms with van der Waals surface area (Å²) in [4.78, 5) is 6.23. The summed E-state index contributed by atoms with van der Waals surface area (Å²) in [5.74, 6) is 1.60. The molecule has 7 heteroatoms. The summed E-state index contributed by atoms with van der Waals surface area (Å²) in [5, 5.41) is 13.0. The molecular weight excluding hydrogens is 316 g/mol. The molecule has 0 unspecified atom stereocenters. The van der Waals surface area contributed by atoms with Crippen LogP contribution in [0, 0.1) is 6.92 Å². The molecule has 3 aromatic rings. The van der Waals surface area contributed by atoms with Gasteiger partial charge in [-0.05, 0) is 49.2 Å². The van der Waals surface area contributed by atoms with Crippen molar-refractivity contribution < 1.29 is 4.74 Å². The third-order valence-corrected chi connectivity index (χ3v) is 4.30. The summed E-state index contributed by atoms with van der Waals surface area (Å²) >= 11 is 0. The number of hydrogen-bond acceptors (Lipinski definition) is 6. The molecule has 0 saturated carbocycles. The molecule has 0 spiro atoms. The number of hydrogen-bond donors (Lipinski definition) is 0. The maximum atomic E-state index is 6.00. The summed E-state index contributed by atoms with van der Waals surface area (Å²) in [6, 6.07) is 9.84. The molecular formula is C18H20N6O. The van der Waals surface area contributed by atoms with Gasteiger partial charge in [-0.1, -0.05) is 0 Å². The van der Waals surface area contributed by atoms with E-state index >= 15 is 0 Å². The second kappa shape index (κ2) is 6.98. The van der Waals surface area contributed by atoms with Gasteiger partial charge in [0.05, 0.1) is 18.4 Å². The van der Waals surface area contributed by atoms with Gasteiger partial charge < -0.3 is 9.64 Å². The molecule has 3 aromatic heterocycles. The van der Waals surface area contributed by atoms with E-state index in [1.807, 2.05) is 43.5 Å². The van der Waals surface area contributed by atoms with E-state index in [9.17, 15) is 0 Å². The Hall–Kier alpha value is -2.80. The molecule has 0 aromatic carbocycles. The fraction of sp³-hybridized carbons (Fsp3) is 0.333. The average Bonchev–Trinajstić information content (AvgIpc) is 3.30. The lowest BCUT2D eigenvalue weighted by atomic mass is 10.3. The van der Waals surface area contributed by atoms with Crippen LogP contribution in [0.4, 0.5) is 5.82 Å². The van der Waals surface area contributed by atoms with Crippen molar-refractivity contribution >= 4 is 5.82 Å². The first kappa shape index (κ1) is 15.7. The highest BCUT2D eigenvalue weighted by Crippen LogP contribution is 2.20. The maximum absolute atomic E-state index is 6.00. The number of aryl methyl sites for hydroxylation is 1. The second-order valence-corrected chi connectivity index (χ2v) is 6.17. The van der Waals surface area contributed by atoms with Gasteiger partial charge in [-0.3, -0.25) is 4.98 Å². The van der Waals surface area contributed by atoms with Crippen molar-refractivity contribution in [1.29, 1.82) is 0 Å². The Kier molecular flexibility index (Phi) is 4.39. The van der Waals surface area contributed by atoms with E-state index in [0.29, 0.717) is 6.61 Å². The molecule has 1 aliphatic rings. The van der Waals surface area contributed by atoms with Crippen molar-refractivity contribution in [2.75, 3.05) is 18.0 Å². The normalized spacial score (nSPS) is 17.2. The fourth-order valence-electron chi connectivity index (χ4n) is 2.92. The molecule has 0 radical (unpaired) electrons. The van der Waals surface area contributed by atoms with Crippen LogP contribution in [0.5, 0.6) is 0 Å². The quantitative estimate of drug-likeness (QED) is 0.711. The minimum atomic E-state index is 0.211. The van der Waals surface area contributed by atoms with Crippen LogP contribution in [0.3, 0.4) is 0 Å². The summed E-state index contributed by atoms with van der Waals surface area (Å²) < 4.78 is 7.74. The second-order valence-electron chi connectivity index (χ2n) is 6.17. The molecule has 0 aliphatic carbocycles. The van der Waals surface area contributed by atoms with E-state index < -0.39 is 0 Å². The van der Waals surface area contributed by atoms with Crippen molar-refractivity contribution in [3.05, 3.63) is 60.2 Å². The van der Waals surface area contributed by atoms with Crippen molar-refractivity contribution in [2.24, 2.45) is 0 Å². The molecule has 0 bridgehead atoms. The highest BCUT2D eigenvalue weighted by atomic mass is 16.5. The molecule has 1 aliphatic heterocycles. The van der Waals surface area contributed by atoms with Gasteiger partial charge in [0.25, 0.3) is 0 Å². The predicted molar refractivity (Wildman–Crippen MR) is 93.5 cm³/mol. The minimum absolute atomic E-state index is 0.211. The first-order valence-electron chi connectivity index (χ1n) is 8.40. The smallest absolute Gasteiger partial charge is 0.175 e. The number of ether oxygens (including phenoxy) is 1. The first-order chi connectivity index (χ1) is 12.3. The van der Waals surface area contributed by atoms with E-state index in [0.717, 1.165) is 42.4 Å². The maximum Gasteiger partial charge on any atom is 0.175 e. The largest absolute Gasteiger partial charge is 0.372 e. The Morgan fingerprint density at radius 3 is 2.60 bits per heavy atom. The van der Waals surface area contributed by atoms with Crippen LogP contribution in [0.25, 0.3) is 5.82 Å². The van der Waals surface area contributed by atoms with Crippen LogP contribution in [-0.4, -0.2) is 44.2 Å². The summed E-state index contributed by atoms with van der Waals surface area (Å²) in [7, 11) is 0. The zero-order valence-electron chi connectivity index (χ0n) is 14.1. The number of rotatable bonds is 5. The standard InChI is InChI=1S/C18H20N6O/c1-14-6-11-24(22-14)18-3-2-17(20-21-18)23-10-7-16(12-23)25-13-15-4-8-19-9-5-15/h2-6,8-9,11,16H,7,10,12-13H2,1H3/t16-/m0/s1. The Balaban J connectivity index is 1.35. The van der Waals surface area contributed by atoms with Crippen molar-refractivity contribution in [3.63, 3.8) is 0 Å². The van der Waals surface area contributed by atoms with Gasteiger partial charge in [0.1, 0.15) is 0 Å². The molecule has 4 heterocycles. The van der Waals surface area contributed by atoms with E-state index in [-0.39, 0.29) is 6.10 Å². The lowest BCUT2D eigenvalue weighted by Crippen LogP contribution is -2.24. The lowest BCUT2D eigenvalue weighted by molar-refractivity contribution is 0.0553. The molecule has 1 fully saturated rings. The molecule has 128 valence electrons. The zero-order chi connectivity index (χ0) is 17.1. The van der Waals surface area contributed by atoms with Crippen LogP contribution >= 0.6 is 0 Å².